The Kier molecular flexibility index (Phi) is 4.62. The van der Waals surface area contributed by atoms with E-state index in [2.05, 4.69) is 12.2 Å². The number of hydrogen-bond donors (Lipinski definition) is 1. The Bertz CT molecular complexity index is 465. The summed E-state index contributed by atoms with van der Waals surface area (Å²) in [7, 11) is 0. The molecule has 0 spiro atoms. The van der Waals surface area contributed by atoms with E-state index < -0.39 is 5.82 Å². The van der Waals surface area contributed by atoms with Crippen LogP contribution in [0.2, 0.25) is 10.0 Å². The molecule has 1 aliphatic heterocycles. The first kappa shape index (κ1) is 13.8. The topological polar surface area (TPSA) is 21.3 Å². The molecule has 5 heteroatoms. The smallest absolute Gasteiger partial charge is 0.142 e. The van der Waals surface area contributed by atoms with Crippen molar-refractivity contribution in [2.24, 2.45) is 0 Å². The number of hydrogen-bond acceptors (Lipinski definition) is 2. The molecule has 0 saturated carbocycles. The van der Waals surface area contributed by atoms with Crippen LogP contribution in [0.5, 0.6) is 0 Å². The molecule has 0 radical (unpaired) electrons. The molecule has 1 aromatic carbocycles. The van der Waals surface area contributed by atoms with Crippen LogP contribution in [-0.2, 0) is 4.74 Å². The lowest BCUT2D eigenvalue weighted by molar-refractivity contribution is 0.0637. The normalized spacial score (nSPS) is 24.7. The third-order valence-corrected chi connectivity index (χ3v) is 3.33. The highest BCUT2D eigenvalue weighted by molar-refractivity contribution is 6.35. The van der Waals surface area contributed by atoms with E-state index in [1.807, 2.05) is 6.08 Å². The molecule has 1 aromatic rings. The van der Waals surface area contributed by atoms with Crippen molar-refractivity contribution in [3.8, 4) is 0 Å². The second-order valence-corrected chi connectivity index (χ2v) is 5.17. The first-order valence-electron chi connectivity index (χ1n) is 5.73. The lowest BCUT2D eigenvalue weighted by Gasteiger charge is -2.26. The molecule has 18 heavy (non-hydrogen) atoms. The van der Waals surface area contributed by atoms with E-state index in [4.69, 9.17) is 27.9 Å². The van der Waals surface area contributed by atoms with E-state index in [1.165, 1.54) is 12.1 Å². The fraction of sp³-hybridized carbons (Fsp3) is 0.385. The van der Waals surface area contributed by atoms with Crippen LogP contribution < -0.4 is 5.32 Å². The summed E-state index contributed by atoms with van der Waals surface area (Å²) in [6.45, 7) is 3.37. The van der Waals surface area contributed by atoms with Crippen LogP contribution in [0.25, 0.3) is 6.08 Å². The highest BCUT2D eigenvalue weighted by Crippen LogP contribution is 2.25. The Morgan fingerprint density at radius 2 is 2.11 bits per heavy atom. The predicted octanol–water partition coefficient (Wildman–Crippen LogP) is 3.52. The van der Waals surface area contributed by atoms with Crippen molar-refractivity contribution >= 4 is 29.3 Å². The molecule has 0 aliphatic carbocycles. The number of ether oxygens (including phenoxy) is 1. The third kappa shape index (κ3) is 3.45. The molecule has 1 heterocycles. The van der Waals surface area contributed by atoms with Crippen LogP contribution in [0.1, 0.15) is 12.5 Å². The van der Waals surface area contributed by atoms with Crippen molar-refractivity contribution in [1.82, 2.24) is 5.32 Å². The van der Waals surface area contributed by atoms with Gasteiger partial charge in [0.2, 0.25) is 0 Å². The van der Waals surface area contributed by atoms with Crippen molar-refractivity contribution in [1.29, 1.82) is 0 Å². The molecule has 1 N–H and O–H groups in total. The lowest BCUT2D eigenvalue weighted by atomic mass is 10.1. The molecule has 2 atom stereocenters. The second-order valence-electron chi connectivity index (χ2n) is 4.36. The fourth-order valence-corrected chi connectivity index (χ4v) is 2.28. The summed E-state index contributed by atoms with van der Waals surface area (Å²) in [6, 6.07) is 3.16. The summed E-state index contributed by atoms with van der Waals surface area (Å²) in [5, 5.41) is 3.82. The Morgan fingerprint density at radius 3 is 2.83 bits per heavy atom. The second kappa shape index (κ2) is 6.02. The van der Waals surface area contributed by atoms with E-state index in [9.17, 15) is 4.39 Å². The quantitative estimate of drug-likeness (QED) is 0.841. The summed E-state index contributed by atoms with van der Waals surface area (Å²) in [4.78, 5) is 0. The lowest BCUT2D eigenvalue weighted by Crippen LogP contribution is -2.46. The van der Waals surface area contributed by atoms with Crippen molar-refractivity contribution in [3.63, 3.8) is 0 Å². The van der Waals surface area contributed by atoms with Gasteiger partial charge in [-0.05, 0) is 24.6 Å². The van der Waals surface area contributed by atoms with Gasteiger partial charge in [-0.2, -0.15) is 0 Å². The molecule has 2 unspecified atom stereocenters. The molecular formula is C13H14Cl2FNO. The molecule has 0 bridgehead atoms. The van der Waals surface area contributed by atoms with Gasteiger partial charge < -0.3 is 10.1 Å². The average molecular weight is 290 g/mol. The Labute approximate surface area is 116 Å². The van der Waals surface area contributed by atoms with Crippen LogP contribution in [0, 0.1) is 5.82 Å². The third-order valence-electron chi connectivity index (χ3n) is 2.71. The standard InChI is InChI=1S/C13H14Cl2FNO/c1-8-6-18-7-10(17-8)3-2-9-4-13(16)12(15)5-11(9)14/h2-5,8,10,17H,6-7H2,1H3/b3-2+. The van der Waals surface area contributed by atoms with Gasteiger partial charge in [-0.3, -0.25) is 0 Å². The van der Waals surface area contributed by atoms with E-state index in [0.29, 0.717) is 29.8 Å². The minimum absolute atomic E-state index is 0.0323. The molecule has 2 nitrogen and oxygen atoms in total. The van der Waals surface area contributed by atoms with Crippen LogP contribution in [0.3, 0.4) is 0 Å². The minimum Gasteiger partial charge on any atom is -0.378 e. The van der Waals surface area contributed by atoms with Gasteiger partial charge in [-0.25, -0.2) is 4.39 Å². The van der Waals surface area contributed by atoms with Gasteiger partial charge in [-0.1, -0.05) is 35.4 Å². The maximum Gasteiger partial charge on any atom is 0.142 e. The van der Waals surface area contributed by atoms with E-state index in [1.54, 1.807) is 6.08 Å². The molecular weight excluding hydrogens is 276 g/mol. The van der Waals surface area contributed by atoms with Crippen molar-refractivity contribution in [2.45, 2.75) is 19.0 Å². The SMILES string of the molecule is CC1COCC(/C=C/c2cc(F)c(Cl)cc2Cl)N1. The highest BCUT2D eigenvalue weighted by Gasteiger charge is 2.15. The van der Waals surface area contributed by atoms with Gasteiger partial charge in [0.25, 0.3) is 0 Å². The zero-order chi connectivity index (χ0) is 13.1. The molecule has 2 rings (SSSR count). The molecule has 1 saturated heterocycles. The van der Waals surface area contributed by atoms with Crippen LogP contribution >= 0.6 is 23.2 Å². The minimum atomic E-state index is -0.470. The number of morpholine rings is 1. The van der Waals surface area contributed by atoms with Gasteiger partial charge in [0.1, 0.15) is 5.82 Å². The Balaban J connectivity index is 2.11. The number of benzene rings is 1. The largest absolute Gasteiger partial charge is 0.378 e. The monoisotopic (exact) mass is 289 g/mol. The van der Waals surface area contributed by atoms with Gasteiger partial charge in [0.05, 0.1) is 18.2 Å². The average Bonchev–Trinajstić information content (AvgIpc) is 2.32. The summed E-state index contributed by atoms with van der Waals surface area (Å²) >= 11 is 11.6. The van der Waals surface area contributed by atoms with Gasteiger partial charge in [0, 0.05) is 17.1 Å². The number of rotatable bonds is 2. The van der Waals surface area contributed by atoms with E-state index in [0.717, 1.165) is 0 Å². The Hall–Kier alpha value is -0.610. The summed E-state index contributed by atoms with van der Waals surface area (Å²) in [5.74, 6) is -0.470. The van der Waals surface area contributed by atoms with Crippen molar-refractivity contribution in [2.75, 3.05) is 13.2 Å². The summed E-state index contributed by atoms with van der Waals surface area (Å²) in [6.07, 6.45) is 3.70. The van der Waals surface area contributed by atoms with Crippen LogP contribution in [-0.4, -0.2) is 25.3 Å². The molecule has 0 amide bonds. The first-order chi connectivity index (χ1) is 8.56. The number of nitrogens with one attached hydrogen (secondary N) is 1. The van der Waals surface area contributed by atoms with Crippen LogP contribution in [0.15, 0.2) is 18.2 Å². The Morgan fingerprint density at radius 1 is 1.33 bits per heavy atom. The van der Waals surface area contributed by atoms with Crippen molar-refractivity contribution < 1.29 is 9.13 Å². The zero-order valence-electron chi connectivity index (χ0n) is 9.92. The zero-order valence-corrected chi connectivity index (χ0v) is 11.4. The number of halogens is 3. The predicted molar refractivity (Wildman–Crippen MR) is 72.7 cm³/mol. The fourth-order valence-electron chi connectivity index (χ4n) is 1.83. The van der Waals surface area contributed by atoms with Gasteiger partial charge in [-0.15, -0.1) is 0 Å². The van der Waals surface area contributed by atoms with E-state index >= 15 is 0 Å². The van der Waals surface area contributed by atoms with Gasteiger partial charge >= 0.3 is 0 Å². The van der Waals surface area contributed by atoms with Gasteiger partial charge in [0.15, 0.2) is 0 Å². The van der Waals surface area contributed by atoms with Crippen LogP contribution in [0.4, 0.5) is 4.39 Å². The maximum atomic E-state index is 13.3. The van der Waals surface area contributed by atoms with Crippen molar-refractivity contribution in [3.05, 3.63) is 39.6 Å². The molecule has 0 aromatic heterocycles. The summed E-state index contributed by atoms with van der Waals surface area (Å²) in [5.41, 5.74) is 0.610. The van der Waals surface area contributed by atoms with E-state index in [-0.39, 0.29) is 11.1 Å². The molecule has 98 valence electrons. The highest BCUT2D eigenvalue weighted by atomic mass is 35.5. The summed E-state index contributed by atoms with van der Waals surface area (Å²) < 4.78 is 18.7. The maximum absolute atomic E-state index is 13.3. The first-order valence-corrected chi connectivity index (χ1v) is 6.48. The molecule has 1 aliphatic rings. The molecule has 1 fully saturated rings.